The van der Waals surface area contributed by atoms with Gasteiger partial charge in [-0.25, -0.2) is 0 Å². The highest BCUT2D eigenvalue weighted by atomic mass is 16.5. The third-order valence-corrected chi connectivity index (χ3v) is 9.14. The molecule has 7 aromatic rings. The first kappa shape index (κ1) is 19.1. The van der Waals surface area contributed by atoms with Crippen molar-refractivity contribution in [3.05, 3.63) is 144 Å². The summed E-state index contributed by atoms with van der Waals surface area (Å²) >= 11 is 0. The summed E-state index contributed by atoms with van der Waals surface area (Å²) < 4.78 is 48.2. The molecule has 0 fully saturated rings. The quantitative estimate of drug-likeness (QED) is 0.211. The van der Waals surface area contributed by atoms with Crippen LogP contribution in [-0.2, 0) is 5.41 Å². The van der Waals surface area contributed by atoms with Crippen LogP contribution in [0.3, 0.4) is 0 Å². The molecule has 1 aliphatic heterocycles. The number of benzene rings is 7. The van der Waals surface area contributed by atoms with E-state index in [1.165, 1.54) is 33.0 Å². The van der Waals surface area contributed by atoms with Crippen molar-refractivity contribution < 1.29 is 11.6 Å². The first-order valence-electron chi connectivity index (χ1n) is 16.8. The molecule has 0 aromatic heterocycles. The molecule has 0 saturated heterocycles. The van der Waals surface area contributed by atoms with Crippen molar-refractivity contribution in [2.75, 3.05) is 0 Å². The third-order valence-electron chi connectivity index (χ3n) is 9.14. The SMILES string of the molecule is [2H]c1c([2H])c([2H])c(-c2ccc3c4c(cccc24)-c2cc(-c4ccc5c(c4)C(C)(C)c4cc6ccccc6cc4-5)ccc2O3)c([2H])c1[2H]. The molecule has 198 valence electrons. The van der Waals surface area contributed by atoms with Gasteiger partial charge in [0.05, 0.1) is 6.85 Å². The van der Waals surface area contributed by atoms with E-state index in [0.29, 0.717) is 11.3 Å². The predicted molar refractivity (Wildman–Crippen MR) is 175 cm³/mol. The molecule has 0 N–H and O–H groups in total. The summed E-state index contributed by atoms with van der Waals surface area (Å²) in [5, 5.41) is 4.14. The molecular weight excluding hydrogens is 508 g/mol. The maximum atomic E-state index is 8.61. The Balaban J connectivity index is 1.19. The molecule has 0 bridgehead atoms. The van der Waals surface area contributed by atoms with E-state index >= 15 is 0 Å². The number of hydrogen-bond acceptors (Lipinski definition) is 1. The van der Waals surface area contributed by atoms with Crippen molar-refractivity contribution in [2.24, 2.45) is 0 Å². The predicted octanol–water partition coefficient (Wildman–Crippen LogP) is 11.4. The fraction of sp³-hybridized carbons (Fsp3) is 0.0732. The molecular formula is C41H28O. The van der Waals surface area contributed by atoms with Gasteiger partial charge in [-0.15, -0.1) is 0 Å². The first-order valence-corrected chi connectivity index (χ1v) is 14.3. The molecule has 9 rings (SSSR count). The monoisotopic (exact) mass is 541 g/mol. The van der Waals surface area contributed by atoms with E-state index < -0.39 is 6.04 Å². The van der Waals surface area contributed by atoms with Crippen LogP contribution in [0.15, 0.2) is 133 Å². The molecule has 0 atom stereocenters. The Morgan fingerprint density at radius 3 is 2.10 bits per heavy atom. The zero-order valence-corrected chi connectivity index (χ0v) is 23.2. The zero-order chi connectivity index (χ0) is 32.4. The molecule has 1 nitrogen and oxygen atoms in total. The highest BCUT2D eigenvalue weighted by molar-refractivity contribution is 6.10. The maximum absolute atomic E-state index is 8.61. The molecule has 2 aliphatic rings. The summed E-state index contributed by atoms with van der Waals surface area (Å²) in [6, 6.07) is 34.4. The van der Waals surface area contributed by atoms with E-state index in [0.717, 1.165) is 38.8 Å². The minimum atomic E-state index is -0.400. The van der Waals surface area contributed by atoms with Gasteiger partial charge in [0, 0.05) is 16.4 Å². The summed E-state index contributed by atoms with van der Waals surface area (Å²) in [6.07, 6.45) is 0. The molecule has 7 aromatic carbocycles. The van der Waals surface area contributed by atoms with Crippen LogP contribution in [0.4, 0.5) is 0 Å². The van der Waals surface area contributed by atoms with Gasteiger partial charge in [-0.1, -0.05) is 111 Å². The Morgan fingerprint density at radius 2 is 1.24 bits per heavy atom. The van der Waals surface area contributed by atoms with Crippen LogP contribution in [0.1, 0.15) is 31.8 Å². The molecule has 1 heteroatoms. The normalized spacial score (nSPS) is 15.5. The van der Waals surface area contributed by atoms with Crippen LogP contribution in [0.25, 0.3) is 66.1 Å². The molecule has 0 saturated carbocycles. The van der Waals surface area contributed by atoms with Gasteiger partial charge in [0.1, 0.15) is 11.5 Å². The maximum Gasteiger partial charge on any atom is 0.135 e. The summed E-state index contributed by atoms with van der Waals surface area (Å²) in [4.78, 5) is 0. The second-order valence-electron chi connectivity index (χ2n) is 11.8. The lowest BCUT2D eigenvalue weighted by molar-refractivity contribution is 0.487. The summed E-state index contributed by atoms with van der Waals surface area (Å²) in [5.74, 6) is 1.43. The van der Waals surface area contributed by atoms with Crippen molar-refractivity contribution in [2.45, 2.75) is 19.3 Å². The molecule has 0 unspecified atom stereocenters. The highest BCUT2D eigenvalue weighted by Crippen LogP contribution is 2.52. The van der Waals surface area contributed by atoms with Gasteiger partial charge >= 0.3 is 0 Å². The highest BCUT2D eigenvalue weighted by Gasteiger charge is 2.36. The number of fused-ring (bicyclic) bond motifs is 6. The molecule has 1 aliphatic carbocycles. The Morgan fingerprint density at radius 1 is 0.524 bits per heavy atom. The van der Waals surface area contributed by atoms with E-state index in [9.17, 15) is 0 Å². The van der Waals surface area contributed by atoms with Gasteiger partial charge in [0.25, 0.3) is 0 Å². The van der Waals surface area contributed by atoms with Crippen molar-refractivity contribution >= 4 is 21.5 Å². The van der Waals surface area contributed by atoms with Crippen LogP contribution in [0.5, 0.6) is 11.5 Å². The van der Waals surface area contributed by atoms with Crippen molar-refractivity contribution in [3.63, 3.8) is 0 Å². The second kappa shape index (κ2) is 8.44. The Labute approximate surface area is 252 Å². The Kier molecular flexibility index (Phi) is 3.83. The third kappa shape index (κ3) is 3.25. The second-order valence-corrected chi connectivity index (χ2v) is 11.8. The number of hydrogen-bond donors (Lipinski definition) is 0. The summed E-state index contributed by atoms with van der Waals surface area (Å²) in [6.45, 7) is 4.61. The molecule has 0 amide bonds. The Hall–Kier alpha value is -5.14. The van der Waals surface area contributed by atoms with E-state index in [4.69, 9.17) is 11.6 Å². The minimum absolute atomic E-state index is 0.146. The van der Waals surface area contributed by atoms with E-state index in [1.54, 1.807) is 6.07 Å². The first-order chi connectivity index (χ1) is 22.6. The Bertz CT molecular complexity index is 2500. The number of rotatable bonds is 2. The van der Waals surface area contributed by atoms with Crippen molar-refractivity contribution in [1.29, 1.82) is 0 Å². The summed E-state index contributed by atoms with van der Waals surface area (Å²) in [7, 11) is 0. The minimum Gasteiger partial charge on any atom is -0.456 e. The zero-order valence-electron chi connectivity index (χ0n) is 28.2. The fourth-order valence-electron chi connectivity index (χ4n) is 7.02. The lowest BCUT2D eigenvalue weighted by atomic mass is 9.81. The standard InChI is InChI=1S/C41H28O/c1-41(2)36-24-29(15-17-31(36)34-21-26-11-6-7-12-27(26)23-37(34)41)28-16-19-38-35(22-28)33-14-8-13-32-30(25-9-4-3-5-10-25)18-20-39(42-38)40(32)33/h3-24H,1-2H3/i3D,4D,5D,9D,10D. The topological polar surface area (TPSA) is 9.23 Å². The van der Waals surface area contributed by atoms with E-state index in [2.05, 4.69) is 86.6 Å². The van der Waals surface area contributed by atoms with Crippen LogP contribution in [0.2, 0.25) is 0 Å². The van der Waals surface area contributed by atoms with Crippen molar-refractivity contribution in [1.82, 2.24) is 0 Å². The molecule has 0 radical (unpaired) electrons. The summed E-state index contributed by atoms with van der Waals surface area (Å²) in [5.41, 5.74) is 10.00. The van der Waals surface area contributed by atoms with Crippen LogP contribution >= 0.6 is 0 Å². The lowest BCUT2D eigenvalue weighted by Crippen LogP contribution is -2.15. The van der Waals surface area contributed by atoms with Gasteiger partial charge in [-0.3, -0.25) is 0 Å². The number of ether oxygens (including phenoxy) is 1. The van der Waals surface area contributed by atoms with E-state index in [-0.39, 0.29) is 35.1 Å². The molecule has 1 heterocycles. The van der Waals surface area contributed by atoms with Crippen LogP contribution in [-0.4, -0.2) is 0 Å². The average Bonchev–Trinajstić information content (AvgIpc) is 3.31. The fourth-order valence-corrected chi connectivity index (χ4v) is 7.02. The van der Waals surface area contributed by atoms with Gasteiger partial charge in [0.2, 0.25) is 0 Å². The lowest BCUT2D eigenvalue weighted by Gasteiger charge is -2.24. The van der Waals surface area contributed by atoms with Crippen LogP contribution in [0, 0.1) is 0 Å². The average molecular weight is 542 g/mol. The largest absolute Gasteiger partial charge is 0.456 e. The molecule has 42 heavy (non-hydrogen) atoms. The van der Waals surface area contributed by atoms with Gasteiger partial charge in [0.15, 0.2) is 0 Å². The van der Waals surface area contributed by atoms with E-state index in [1.807, 2.05) is 24.3 Å². The molecule has 0 spiro atoms. The van der Waals surface area contributed by atoms with Gasteiger partial charge in [-0.05, 0) is 103 Å². The van der Waals surface area contributed by atoms with Crippen LogP contribution < -0.4 is 4.74 Å². The smallest absolute Gasteiger partial charge is 0.135 e. The van der Waals surface area contributed by atoms with Gasteiger partial charge < -0.3 is 4.74 Å². The van der Waals surface area contributed by atoms with Crippen molar-refractivity contribution in [3.8, 4) is 56.0 Å². The van der Waals surface area contributed by atoms with Gasteiger partial charge in [-0.2, -0.15) is 0 Å².